The van der Waals surface area contributed by atoms with Crippen molar-refractivity contribution in [2.24, 2.45) is 4.99 Å². The van der Waals surface area contributed by atoms with E-state index in [1.54, 1.807) is 18.2 Å². The van der Waals surface area contributed by atoms with Gasteiger partial charge in [0, 0.05) is 3.57 Å². The molecule has 0 N–H and O–H groups in total. The lowest BCUT2D eigenvalue weighted by molar-refractivity contribution is 0.0601. The van der Waals surface area contributed by atoms with E-state index in [1.807, 2.05) is 0 Å². The van der Waals surface area contributed by atoms with Gasteiger partial charge in [0.2, 0.25) is 6.08 Å². The molecular weight excluding hydrogens is 297 g/mol. The maximum Gasteiger partial charge on any atom is 0.340 e. The smallest absolute Gasteiger partial charge is 0.340 e. The summed E-state index contributed by atoms with van der Waals surface area (Å²) >= 11 is 2.05. The monoisotopic (exact) mass is 303 g/mol. The largest absolute Gasteiger partial charge is 0.465 e. The average molecular weight is 303 g/mol. The molecule has 0 heterocycles. The first kappa shape index (κ1) is 10.9. The highest BCUT2D eigenvalue weighted by molar-refractivity contribution is 14.1. The summed E-state index contributed by atoms with van der Waals surface area (Å²) in [7, 11) is 1.27. The van der Waals surface area contributed by atoms with Crippen LogP contribution in [0, 0.1) is 3.57 Å². The summed E-state index contributed by atoms with van der Waals surface area (Å²) in [5, 5.41) is 0. The summed E-state index contributed by atoms with van der Waals surface area (Å²) < 4.78 is 5.41. The van der Waals surface area contributed by atoms with Gasteiger partial charge in [-0.15, -0.1) is 0 Å². The highest BCUT2D eigenvalue weighted by Gasteiger charge is 2.11. The van der Waals surface area contributed by atoms with Crippen LogP contribution in [0.4, 0.5) is 5.69 Å². The Hall–Kier alpha value is -1.20. The molecule has 0 bridgehead atoms. The summed E-state index contributed by atoms with van der Waals surface area (Å²) in [5.74, 6) is -0.516. The van der Waals surface area contributed by atoms with Crippen molar-refractivity contribution in [3.8, 4) is 0 Å². The minimum Gasteiger partial charge on any atom is -0.465 e. The minimum atomic E-state index is -0.516. The van der Waals surface area contributed by atoms with Crippen LogP contribution >= 0.6 is 22.6 Å². The number of rotatable bonds is 2. The Labute approximate surface area is 94.1 Å². The van der Waals surface area contributed by atoms with Crippen LogP contribution in [0.5, 0.6) is 0 Å². The third-order valence-corrected chi connectivity index (χ3v) is 2.20. The van der Waals surface area contributed by atoms with Crippen molar-refractivity contribution in [3.05, 3.63) is 27.3 Å². The fourth-order valence-corrected chi connectivity index (χ4v) is 1.42. The van der Waals surface area contributed by atoms with Crippen molar-refractivity contribution in [2.45, 2.75) is 0 Å². The highest BCUT2D eigenvalue weighted by Crippen LogP contribution is 2.21. The maximum atomic E-state index is 11.2. The second-order valence-corrected chi connectivity index (χ2v) is 3.60. The second-order valence-electron chi connectivity index (χ2n) is 2.36. The van der Waals surface area contributed by atoms with Crippen LogP contribution in [0.1, 0.15) is 10.4 Å². The van der Waals surface area contributed by atoms with Crippen LogP contribution in [0.25, 0.3) is 0 Å². The molecule has 0 atom stereocenters. The van der Waals surface area contributed by atoms with E-state index in [0.717, 1.165) is 3.57 Å². The van der Waals surface area contributed by atoms with E-state index in [0.29, 0.717) is 0 Å². The molecule has 0 aliphatic rings. The number of hydrogen-bond acceptors (Lipinski definition) is 4. The Bertz CT molecular complexity index is 411. The van der Waals surface area contributed by atoms with Crippen LogP contribution < -0.4 is 0 Å². The maximum absolute atomic E-state index is 11.2. The lowest BCUT2D eigenvalue weighted by Crippen LogP contribution is -2.01. The van der Waals surface area contributed by atoms with Crippen molar-refractivity contribution in [1.29, 1.82) is 0 Å². The molecule has 1 aromatic carbocycles. The first-order valence-electron chi connectivity index (χ1n) is 3.64. The molecule has 0 unspecified atom stereocenters. The van der Waals surface area contributed by atoms with Crippen molar-refractivity contribution < 1.29 is 14.3 Å². The van der Waals surface area contributed by atoms with E-state index in [2.05, 4.69) is 32.3 Å². The number of carbonyl (C=O) groups excluding carboxylic acids is 2. The third-order valence-electron chi connectivity index (χ3n) is 1.53. The number of methoxy groups -OCH3 is 1. The number of benzene rings is 1. The lowest BCUT2D eigenvalue weighted by Gasteiger charge is -2.02. The van der Waals surface area contributed by atoms with Gasteiger partial charge in [0.1, 0.15) is 0 Å². The standard InChI is InChI=1S/C9H6INO3/c1-14-9(13)7-4-6(10)2-3-8(7)11-5-12/h2-4H,1H3. The Kier molecular flexibility index (Phi) is 3.79. The van der Waals surface area contributed by atoms with E-state index in [-0.39, 0.29) is 11.3 Å². The molecule has 72 valence electrons. The van der Waals surface area contributed by atoms with Gasteiger partial charge < -0.3 is 4.74 Å². The molecule has 14 heavy (non-hydrogen) atoms. The van der Waals surface area contributed by atoms with E-state index in [4.69, 9.17) is 0 Å². The average Bonchev–Trinajstić information content (AvgIpc) is 2.20. The molecule has 0 spiro atoms. The number of ether oxygens (including phenoxy) is 1. The molecule has 4 nitrogen and oxygen atoms in total. The first-order valence-corrected chi connectivity index (χ1v) is 4.72. The summed E-state index contributed by atoms with van der Waals surface area (Å²) in [6.07, 6.45) is 1.39. The number of nitrogens with zero attached hydrogens (tertiary/aromatic N) is 1. The zero-order chi connectivity index (χ0) is 10.6. The number of carbonyl (C=O) groups is 1. The van der Waals surface area contributed by atoms with Gasteiger partial charge in [-0.2, -0.15) is 4.99 Å². The summed E-state index contributed by atoms with van der Waals surface area (Å²) in [4.78, 5) is 24.7. The van der Waals surface area contributed by atoms with Gasteiger partial charge in [0.05, 0.1) is 18.4 Å². The molecule has 0 saturated carbocycles. The van der Waals surface area contributed by atoms with Crippen molar-refractivity contribution in [1.82, 2.24) is 0 Å². The number of isocyanates is 1. The predicted octanol–water partition coefficient (Wildman–Crippen LogP) is 2.05. The molecule has 0 aromatic heterocycles. The van der Waals surface area contributed by atoms with Gasteiger partial charge in [0.15, 0.2) is 0 Å². The molecule has 5 heteroatoms. The van der Waals surface area contributed by atoms with Crippen LogP contribution in [0.3, 0.4) is 0 Å². The molecule has 0 saturated heterocycles. The molecule has 0 amide bonds. The number of esters is 1. The van der Waals surface area contributed by atoms with Gasteiger partial charge in [-0.05, 0) is 40.8 Å². The highest BCUT2D eigenvalue weighted by atomic mass is 127. The fourth-order valence-electron chi connectivity index (χ4n) is 0.928. The quantitative estimate of drug-likeness (QED) is 0.364. The molecular formula is C9H6INO3. The topological polar surface area (TPSA) is 55.7 Å². The van der Waals surface area contributed by atoms with Crippen LogP contribution in [-0.4, -0.2) is 19.2 Å². The fraction of sp³-hybridized carbons (Fsp3) is 0.111. The van der Waals surface area contributed by atoms with E-state index in [1.165, 1.54) is 13.2 Å². The molecule has 1 aromatic rings. The summed E-state index contributed by atoms with van der Waals surface area (Å²) in [6, 6.07) is 4.91. The summed E-state index contributed by atoms with van der Waals surface area (Å²) in [5.41, 5.74) is 0.537. The number of hydrogen-bond donors (Lipinski definition) is 0. The molecule has 0 aliphatic carbocycles. The Morgan fingerprint density at radius 2 is 2.29 bits per heavy atom. The minimum absolute atomic E-state index is 0.266. The van der Waals surface area contributed by atoms with Gasteiger partial charge in [-0.3, -0.25) is 0 Å². The molecule has 0 radical (unpaired) electrons. The van der Waals surface area contributed by atoms with Crippen molar-refractivity contribution >= 4 is 40.3 Å². The number of halogens is 1. The van der Waals surface area contributed by atoms with E-state index >= 15 is 0 Å². The van der Waals surface area contributed by atoms with Crippen molar-refractivity contribution in [2.75, 3.05) is 7.11 Å². The first-order chi connectivity index (χ1) is 6.69. The third kappa shape index (κ3) is 2.40. The zero-order valence-corrected chi connectivity index (χ0v) is 9.44. The Balaban J connectivity index is 3.28. The molecule has 1 rings (SSSR count). The summed E-state index contributed by atoms with van der Waals surface area (Å²) in [6.45, 7) is 0. The van der Waals surface area contributed by atoms with Crippen molar-refractivity contribution in [3.63, 3.8) is 0 Å². The lowest BCUT2D eigenvalue weighted by atomic mass is 10.2. The molecule has 0 fully saturated rings. The van der Waals surface area contributed by atoms with Crippen LogP contribution in [0.2, 0.25) is 0 Å². The molecule has 0 aliphatic heterocycles. The van der Waals surface area contributed by atoms with Crippen LogP contribution in [0.15, 0.2) is 23.2 Å². The Morgan fingerprint density at radius 1 is 1.57 bits per heavy atom. The van der Waals surface area contributed by atoms with Gasteiger partial charge in [-0.25, -0.2) is 9.59 Å². The van der Waals surface area contributed by atoms with Gasteiger partial charge in [0.25, 0.3) is 0 Å². The van der Waals surface area contributed by atoms with Gasteiger partial charge >= 0.3 is 5.97 Å². The van der Waals surface area contributed by atoms with Gasteiger partial charge in [-0.1, -0.05) is 0 Å². The SMILES string of the molecule is COC(=O)c1cc(I)ccc1N=C=O. The zero-order valence-electron chi connectivity index (χ0n) is 7.28. The number of aliphatic imine (C=N–C) groups is 1. The predicted molar refractivity (Wildman–Crippen MR) is 58.3 cm³/mol. The van der Waals surface area contributed by atoms with E-state index < -0.39 is 5.97 Å². The van der Waals surface area contributed by atoms with E-state index in [9.17, 15) is 9.59 Å². The van der Waals surface area contributed by atoms with Crippen LogP contribution in [-0.2, 0) is 9.53 Å². The normalized spacial score (nSPS) is 9.00. The Morgan fingerprint density at radius 3 is 2.86 bits per heavy atom. The second kappa shape index (κ2) is 4.88.